The van der Waals surface area contributed by atoms with Gasteiger partial charge in [-0.15, -0.1) is 0 Å². The maximum absolute atomic E-state index is 9.00. The van der Waals surface area contributed by atoms with Gasteiger partial charge in [-0.1, -0.05) is 12.1 Å². The molecule has 3 rings (SSSR count). The van der Waals surface area contributed by atoms with Crippen molar-refractivity contribution in [3.05, 3.63) is 29.5 Å². The number of nitrogens with one attached hydrogen (secondary N) is 2. The molecule has 5 nitrogen and oxygen atoms in total. The van der Waals surface area contributed by atoms with Gasteiger partial charge in [0.05, 0.1) is 11.2 Å². The highest BCUT2D eigenvalue weighted by molar-refractivity contribution is 5.85. The zero-order valence-corrected chi connectivity index (χ0v) is 11.9. The summed E-state index contributed by atoms with van der Waals surface area (Å²) in [6.07, 6.45) is 2.41. The van der Waals surface area contributed by atoms with Crippen LogP contribution in [-0.4, -0.2) is 34.4 Å². The van der Waals surface area contributed by atoms with E-state index in [2.05, 4.69) is 40.6 Å². The van der Waals surface area contributed by atoms with Crippen molar-refractivity contribution in [3.63, 3.8) is 0 Å². The molecule has 0 amide bonds. The molecule has 1 aliphatic heterocycles. The average Bonchev–Trinajstić information content (AvgIpc) is 2.84. The number of rotatable bonds is 1. The fourth-order valence-electron chi connectivity index (χ4n) is 2.67. The third kappa shape index (κ3) is 3.36. The van der Waals surface area contributed by atoms with E-state index in [0.29, 0.717) is 5.92 Å². The Hall–Kier alpha value is -1.88. The highest BCUT2D eigenvalue weighted by atomic mass is 16.4. The van der Waals surface area contributed by atoms with Crippen LogP contribution in [0.2, 0.25) is 0 Å². The van der Waals surface area contributed by atoms with Gasteiger partial charge in [0, 0.05) is 18.2 Å². The number of aryl methyl sites for hydroxylation is 1. The van der Waals surface area contributed by atoms with Gasteiger partial charge in [-0.05, 0) is 44.5 Å². The van der Waals surface area contributed by atoms with Gasteiger partial charge in [0.1, 0.15) is 0 Å². The minimum Gasteiger partial charge on any atom is -0.481 e. The van der Waals surface area contributed by atoms with Crippen molar-refractivity contribution in [3.8, 4) is 0 Å². The second kappa shape index (κ2) is 6.52. The van der Waals surface area contributed by atoms with E-state index in [1.165, 1.54) is 35.0 Å². The second-order valence-corrected chi connectivity index (χ2v) is 5.15. The summed E-state index contributed by atoms with van der Waals surface area (Å²) in [5, 5.41) is 19.8. The van der Waals surface area contributed by atoms with Crippen LogP contribution in [0.1, 0.15) is 36.9 Å². The zero-order chi connectivity index (χ0) is 14.5. The van der Waals surface area contributed by atoms with Gasteiger partial charge < -0.3 is 10.4 Å². The summed E-state index contributed by atoms with van der Waals surface area (Å²) < 4.78 is 0. The summed E-state index contributed by atoms with van der Waals surface area (Å²) in [4.78, 5) is 9.00. The van der Waals surface area contributed by atoms with E-state index in [1.54, 1.807) is 0 Å². The molecule has 3 N–H and O–H groups in total. The second-order valence-electron chi connectivity index (χ2n) is 5.15. The first kappa shape index (κ1) is 14.5. The van der Waals surface area contributed by atoms with Gasteiger partial charge in [0.15, 0.2) is 0 Å². The number of aromatic amines is 1. The van der Waals surface area contributed by atoms with E-state index in [9.17, 15) is 0 Å². The number of carboxylic acid groups (broad SMARTS) is 1. The molecule has 1 aromatic heterocycles. The molecule has 1 fully saturated rings. The molecule has 1 saturated heterocycles. The van der Waals surface area contributed by atoms with Crippen molar-refractivity contribution < 1.29 is 9.90 Å². The van der Waals surface area contributed by atoms with E-state index in [0.717, 1.165) is 20.0 Å². The topological polar surface area (TPSA) is 78.0 Å². The Morgan fingerprint density at radius 3 is 2.65 bits per heavy atom. The Morgan fingerprint density at radius 1 is 1.35 bits per heavy atom. The number of piperidine rings is 1. The molecular weight excluding hydrogens is 254 g/mol. The van der Waals surface area contributed by atoms with Gasteiger partial charge in [-0.3, -0.25) is 9.89 Å². The monoisotopic (exact) mass is 275 g/mol. The van der Waals surface area contributed by atoms with Crippen LogP contribution in [0.25, 0.3) is 10.9 Å². The Balaban J connectivity index is 0.000000328. The van der Waals surface area contributed by atoms with Crippen LogP contribution in [0.15, 0.2) is 18.2 Å². The van der Waals surface area contributed by atoms with E-state index in [1.807, 2.05) is 0 Å². The lowest BCUT2D eigenvalue weighted by molar-refractivity contribution is -0.134. The molecule has 1 aliphatic rings. The number of H-pyrrole nitrogens is 1. The summed E-state index contributed by atoms with van der Waals surface area (Å²) in [7, 11) is 0. The molecule has 108 valence electrons. The van der Waals surface area contributed by atoms with Crippen LogP contribution in [-0.2, 0) is 4.79 Å². The molecule has 0 atom stereocenters. The minimum atomic E-state index is -0.833. The Bertz CT molecular complexity index is 582. The summed E-state index contributed by atoms with van der Waals surface area (Å²) in [5.74, 6) is -0.212. The smallest absolute Gasteiger partial charge is 0.300 e. The Labute approximate surface area is 118 Å². The number of aliphatic carboxylic acids is 1. The number of hydrogen-bond acceptors (Lipinski definition) is 3. The van der Waals surface area contributed by atoms with E-state index >= 15 is 0 Å². The lowest BCUT2D eigenvalue weighted by atomic mass is 9.91. The number of carbonyl (C=O) groups is 1. The van der Waals surface area contributed by atoms with Crippen LogP contribution >= 0.6 is 0 Å². The molecule has 2 aromatic rings. The molecule has 0 saturated carbocycles. The van der Waals surface area contributed by atoms with Crippen molar-refractivity contribution in [1.29, 1.82) is 0 Å². The Morgan fingerprint density at radius 2 is 2.00 bits per heavy atom. The molecule has 0 radical (unpaired) electrons. The van der Waals surface area contributed by atoms with Crippen LogP contribution < -0.4 is 5.32 Å². The van der Waals surface area contributed by atoms with Crippen molar-refractivity contribution in [2.75, 3.05) is 13.1 Å². The first-order valence-corrected chi connectivity index (χ1v) is 6.93. The zero-order valence-electron chi connectivity index (χ0n) is 11.9. The van der Waals surface area contributed by atoms with Gasteiger partial charge >= 0.3 is 0 Å². The van der Waals surface area contributed by atoms with Crippen molar-refractivity contribution in [1.82, 2.24) is 15.5 Å². The molecule has 0 aliphatic carbocycles. The van der Waals surface area contributed by atoms with Crippen molar-refractivity contribution in [2.24, 2.45) is 0 Å². The number of benzene rings is 1. The van der Waals surface area contributed by atoms with Crippen LogP contribution in [0, 0.1) is 6.92 Å². The third-order valence-electron chi connectivity index (χ3n) is 3.55. The van der Waals surface area contributed by atoms with Gasteiger partial charge in [-0.25, -0.2) is 0 Å². The molecule has 5 heteroatoms. The summed E-state index contributed by atoms with van der Waals surface area (Å²) >= 11 is 0. The lowest BCUT2D eigenvalue weighted by Gasteiger charge is -2.21. The largest absolute Gasteiger partial charge is 0.481 e. The van der Waals surface area contributed by atoms with Gasteiger partial charge in [0.2, 0.25) is 0 Å². The van der Waals surface area contributed by atoms with Crippen molar-refractivity contribution >= 4 is 16.9 Å². The number of nitrogens with zero attached hydrogens (tertiary/aromatic N) is 1. The maximum atomic E-state index is 9.00. The van der Waals surface area contributed by atoms with E-state index < -0.39 is 5.97 Å². The molecule has 0 unspecified atom stereocenters. The predicted octanol–water partition coefficient (Wildman–Crippen LogP) is 2.43. The molecule has 2 heterocycles. The number of aromatic nitrogens is 2. The summed E-state index contributed by atoms with van der Waals surface area (Å²) in [6.45, 7) is 5.48. The predicted molar refractivity (Wildman–Crippen MR) is 79.0 cm³/mol. The minimum absolute atomic E-state index is 0.621. The first-order valence-electron chi connectivity index (χ1n) is 6.93. The molecule has 1 aromatic carbocycles. The fourth-order valence-corrected chi connectivity index (χ4v) is 2.67. The summed E-state index contributed by atoms with van der Waals surface area (Å²) in [6, 6.07) is 6.37. The average molecular weight is 275 g/mol. The fraction of sp³-hybridized carbons (Fsp3) is 0.467. The maximum Gasteiger partial charge on any atom is 0.300 e. The van der Waals surface area contributed by atoms with Gasteiger partial charge in [0.25, 0.3) is 5.97 Å². The Kier molecular flexibility index (Phi) is 4.74. The first-order chi connectivity index (χ1) is 9.59. The third-order valence-corrected chi connectivity index (χ3v) is 3.55. The number of hydrogen-bond donors (Lipinski definition) is 3. The van der Waals surface area contributed by atoms with Crippen LogP contribution in [0.5, 0.6) is 0 Å². The summed E-state index contributed by atoms with van der Waals surface area (Å²) in [5.41, 5.74) is 3.78. The molecule has 20 heavy (non-hydrogen) atoms. The molecular formula is C15H21N3O2. The highest BCUT2D eigenvalue weighted by Crippen LogP contribution is 2.31. The van der Waals surface area contributed by atoms with Gasteiger partial charge in [-0.2, -0.15) is 5.10 Å². The number of carboxylic acids is 1. The van der Waals surface area contributed by atoms with Crippen molar-refractivity contribution in [2.45, 2.75) is 32.6 Å². The highest BCUT2D eigenvalue weighted by Gasteiger charge is 2.20. The standard InChI is InChI=1S/C13H17N3.C2H4O2/c1-9-3-2-4-11-12(9)13(16-15-11)10-5-7-14-8-6-10;1-2(3)4/h2-4,10,14H,5-8H2,1H3,(H,15,16);1H3,(H,3,4). The quantitative estimate of drug-likeness (QED) is 0.747. The molecule has 0 bridgehead atoms. The SMILES string of the molecule is CC(=O)O.Cc1cccc2[nH]nc(C3CCNCC3)c12. The normalized spacial score (nSPS) is 15.7. The molecule has 0 spiro atoms. The van der Waals surface area contributed by atoms with E-state index in [4.69, 9.17) is 9.90 Å². The van der Waals surface area contributed by atoms with Crippen LogP contribution in [0.4, 0.5) is 0 Å². The number of fused-ring (bicyclic) bond motifs is 1. The lowest BCUT2D eigenvalue weighted by Crippen LogP contribution is -2.26. The van der Waals surface area contributed by atoms with Crippen LogP contribution in [0.3, 0.4) is 0 Å². The van der Waals surface area contributed by atoms with E-state index in [-0.39, 0.29) is 0 Å².